The number of hydrogen-bond donors (Lipinski definition) is 0. The fraction of sp³-hybridized carbons (Fsp3) is 0.867. The lowest BCUT2D eigenvalue weighted by Crippen LogP contribution is -2.52. The molecule has 0 aromatic heterocycles. The molecule has 4 unspecified atom stereocenters. The summed E-state index contributed by atoms with van der Waals surface area (Å²) in [7, 11) is 0. The maximum absolute atomic E-state index is 12.2. The standard InChI is InChI=1S/C15H21NO2/c1-10(17)15-7-11-5-12(15)8-14(6-11,9-15)16-4-2-3-13(16)18/h11-12H,2-9H2,1H3. The number of rotatable bonds is 2. The van der Waals surface area contributed by atoms with Crippen LogP contribution < -0.4 is 0 Å². The number of carbonyl (C=O) groups excluding carboxylic acids is 2. The first-order valence-electron chi connectivity index (χ1n) is 7.37. The molecule has 0 radical (unpaired) electrons. The Morgan fingerprint density at radius 2 is 2.17 bits per heavy atom. The van der Waals surface area contributed by atoms with Gasteiger partial charge in [-0.25, -0.2) is 0 Å². The van der Waals surface area contributed by atoms with E-state index >= 15 is 0 Å². The van der Waals surface area contributed by atoms with Crippen molar-refractivity contribution in [1.82, 2.24) is 4.90 Å². The van der Waals surface area contributed by atoms with Gasteiger partial charge in [0, 0.05) is 23.9 Å². The van der Waals surface area contributed by atoms with Gasteiger partial charge in [0.1, 0.15) is 5.78 Å². The smallest absolute Gasteiger partial charge is 0.223 e. The van der Waals surface area contributed by atoms with Crippen molar-refractivity contribution in [2.45, 2.75) is 57.4 Å². The minimum Gasteiger partial charge on any atom is -0.337 e. The molecule has 18 heavy (non-hydrogen) atoms. The highest BCUT2D eigenvalue weighted by molar-refractivity contribution is 5.85. The molecule has 1 saturated heterocycles. The zero-order chi connectivity index (χ0) is 12.5. The van der Waals surface area contributed by atoms with E-state index in [9.17, 15) is 9.59 Å². The molecule has 0 aromatic carbocycles. The van der Waals surface area contributed by atoms with E-state index in [1.165, 1.54) is 12.8 Å². The number of hydrogen-bond acceptors (Lipinski definition) is 2. The molecule has 98 valence electrons. The zero-order valence-corrected chi connectivity index (χ0v) is 11.1. The van der Waals surface area contributed by atoms with Crippen LogP contribution in [0.25, 0.3) is 0 Å². The molecule has 4 atom stereocenters. The summed E-state index contributed by atoms with van der Waals surface area (Å²) in [5.41, 5.74) is 0.0247. The molecule has 1 aliphatic heterocycles. The third kappa shape index (κ3) is 1.11. The lowest BCUT2D eigenvalue weighted by molar-refractivity contribution is -0.137. The summed E-state index contributed by atoms with van der Waals surface area (Å²) < 4.78 is 0. The van der Waals surface area contributed by atoms with E-state index in [0.29, 0.717) is 23.5 Å². The number of amides is 1. The SMILES string of the molecule is CC(=O)C12CC3CC1CC(N1CCCC1=O)(C3)C2. The number of nitrogens with zero attached hydrogens (tertiary/aromatic N) is 1. The first-order chi connectivity index (χ1) is 8.56. The summed E-state index contributed by atoms with van der Waals surface area (Å²) in [5, 5.41) is 0. The molecule has 5 fully saturated rings. The Morgan fingerprint density at radius 1 is 1.33 bits per heavy atom. The fourth-order valence-electron chi connectivity index (χ4n) is 5.88. The van der Waals surface area contributed by atoms with E-state index in [1.807, 2.05) is 0 Å². The van der Waals surface area contributed by atoms with Crippen LogP contribution in [0, 0.1) is 17.3 Å². The lowest BCUT2D eigenvalue weighted by Gasteiger charge is -2.46. The van der Waals surface area contributed by atoms with Crippen LogP contribution in [0.4, 0.5) is 0 Å². The Kier molecular flexibility index (Phi) is 1.94. The molecule has 4 bridgehead atoms. The summed E-state index contributed by atoms with van der Waals surface area (Å²) in [4.78, 5) is 26.4. The third-order valence-electron chi connectivity index (χ3n) is 6.34. The molecular weight excluding hydrogens is 226 g/mol. The third-order valence-corrected chi connectivity index (χ3v) is 6.34. The Hall–Kier alpha value is -0.860. The highest BCUT2D eigenvalue weighted by atomic mass is 16.2. The van der Waals surface area contributed by atoms with Gasteiger partial charge in [0.05, 0.1) is 0 Å². The van der Waals surface area contributed by atoms with Crippen LogP contribution in [0.2, 0.25) is 0 Å². The first-order valence-corrected chi connectivity index (χ1v) is 7.37. The molecule has 3 nitrogen and oxygen atoms in total. The van der Waals surface area contributed by atoms with Gasteiger partial charge in [0.15, 0.2) is 0 Å². The van der Waals surface area contributed by atoms with Gasteiger partial charge in [-0.2, -0.15) is 0 Å². The molecule has 1 heterocycles. The summed E-state index contributed by atoms with van der Waals surface area (Å²) in [6.07, 6.45) is 7.34. The summed E-state index contributed by atoms with van der Waals surface area (Å²) >= 11 is 0. The van der Waals surface area contributed by atoms with Crippen molar-refractivity contribution in [3.63, 3.8) is 0 Å². The lowest BCUT2D eigenvalue weighted by atomic mass is 9.69. The van der Waals surface area contributed by atoms with E-state index < -0.39 is 0 Å². The molecule has 4 saturated carbocycles. The van der Waals surface area contributed by atoms with Crippen molar-refractivity contribution in [3.05, 3.63) is 0 Å². The zero-order valence-electron chi connectivity index (χ0n) is 11.1. The minimum absolute atomic E-state index is 0.0498. The second kappa shape index (κ2) is 3.17. The van der Waals surface area contributed by atoms with Gasteiger partial charge in [-0.3, -0.25) is 9.59 Å². The van der Waals surface area contributed by atoms with E-state index in [4.69, 9.17) is 0 Å². The minimum atomic E-state index is -0.0498. The van der Waals surface area contributed by atoms with Gasteiger partial charge in [0.25, 0.3) is 0 Å². The van der Waals surface area contributed by atoms with E-state index in [1.54, 1.807) is 6.92 Å². The Balaban J connectivity index is 1.73. The average Bonchev–Trinajstić information content (AvgIpc) is 2.89. The molecule has 5 rings (SSSR count). The second-order valence-corrected chi connectivity index (χ2v) is 7.17. The topological polar surface area (TPSA) is 37.4 Å². The van der Waals surface area contributed by atoms with Crippen LogP contribution in [0.1, 0.15) is 51.9 Å². The molecule has 0 aromatic rings. The quantitative estimate of drug-likeness (QED) is 0.749. The summed E-state index contributed by atoms with van der Waals surface area (Å²) in [5.74, 6) is 2.01. The van der Waals surface area contributed by atoms with Gasteiger partial charge in [-0.15, -0.1) is 0 Å². The van der Waals surface area contributed by atoms with Crippen molar-refractivity contribution in [1.29, 1.82) is 0 Å². The first kappa shape index (κ1) is 11.0. The fourth-order valence-corrected chi connectivity index (χ4v) is 5.88. The molecule has 4 aliphatic carbocycles. The number of carbonyl (C=O) groups is 2. The normalized spacial score (nSPS) is 49.4. The van der Waals surface area contributed by atoms with Gasteiger partial charge >= 0.3 is 0 Å². The Bertz CT molecular complexity index is 446. The van der Waals surface area contributed by atoms with Crippen molar-refractivity contribution < 1.29 is 9.59 Å². The largest absolute Gasteiger partial charge is 0.337 e. The highest BCUT2D eigenvalue weighted by Gasteiger charge is 2.68. The van der Waals surface area contributed by atoms with E-state index in [0.717, 1.165) is 38.6 Å². The highest BCUT2D eigenvalue weighted by Crippen LogP contribution is 2.68. The second-order valence-electron chi connectivity index (χ2n) is 7.17. The number of ketones is 1. The molecule has 3 heteroatoms. The van der Waals surface area contributed by atoms with Gasteiger partial charge in [-0.1, -0.05) is 0 Å². The maximum atomic E-state index is 12.2. The maximum Gasteiger partial charge on any atom is 0.223 e. The summed E-state index contributed by atoms with van der Waals surface area (Å²) in [6, 6.07) is 0. The van der Waals surface area contributed by atoms with Crippen LogP contribution in [0.5, 0.6) is 0 Å². The van der Waals surface area contributed by atoms with Crippen LogP contribution in [-0.4, -0.2) is 28.7 Å². The molecular formula is C15H21NO2. The average molecular weight is 247 g/mol. The van der Waals surface area contributed by atoms with Crippen LogP contribution in [0.15, 0.2) is 0 Å². The summed E-state index contributed by atoms with van der Waals surface area (Å²) in [6.45, 7) is 2.72. The van der Waals surface area contributed by atoms with Gasteiger partial charge < -0.3 is 4.90 Å². The molecule has 0 spiro atoms. The van der Waals surface area contributed by atoms with Crippen molar-refractivity contribution >= 4 is 11.7 Å². The van der Waals surface area contributed by atoms with Crippen molar-refractivity contribution in [2.75, 3.05) is 6.54 Å². The number of likely N-dealkylation sites (tertiary alicyclic amines) is 1. The predicted molar refractivity (Wildman–Crippen MR) is 66.9 cm³/mol. The van der Waals surface area contributed by atoms with E-state index in [2.05, 4.69) is 4.90 Å². The monoisotopic (exact) mass is 247 g/mol. The molecule has 1 amide bonds. The van der Waals surface area contributed by atoms with Crippen molar-refractivity contribution in [3.8, 4) is 0 Å². The van der Waals surface area contributed by atoms with Crippen molar-refractivity contribution in [2.24, 2.45) is 17.3 Å². The van der Waals surface area contributed by atoms with Gasteiger partial charge in [-0.05, 0) is 57.3 Å². The van der Waals surface area contributed by atoms with Crippen LogP contribution in [0.3, 0.4) is 0 Å². The van der Waals surface area contributed by atoms with E-state index in [-0.39, 0.29) is 11.0 Å². The Morgan fingerprint density at radius 3 is 2.78 bits per heavy atom. The van der Waals surface area contributed by atoms with Crippen LogP contribution >= 0.6 is 0 Å². The predicted octanol–water partition coefficient (Wildman–Crippen LogP) is 2.15. The molecule has 5 aliphatic rings. The Labute approximate surface area is 108 Å². The van der Waals surface area contributed by atoms with Crippen LogP contribution in [-0.2, 0) is 9.59 Å². The number of Topliss-reactive ketones (excluding diaryl/α,β-unsaturated/α-hetero) is 1. The van der Waals surface area contributed by atoms with Gasteiger partial charge in [0.2, 0.25) is 5.91 Å². The molecule has 0 N–H and O–H groups in total.